The molecule has 2 saturated heterocycles. The first kappa shape index (κ1) is 11.7. The molecule has 5 nitrogen and oxygen atoms in total. The topological polar surface area (TPSA) is 50.8 Å². The van der Waals surface area contributed by atoms with Crippen molar-refractivity contribution in [1.29, 1.82) is 0 Å². The Hall–Kier alpha value is -0.810. The molecule has 2 bridgehead atoms. The van der Waals surface area contributed by atoms with E-state index in [2.05, 4.69) is 5.32 Å². The van der Waals surface area contributed by atoms with Crippen LogP contribution in [0.3, 0.4) is 0 Å². The van der Waals surface area contributed by atoms with E-state index in [1.807, 2.05) is 20.8 Å². The van der Waals surface area contributed by atoms with Crippen LogP contribution in [-0.2, 0) is 9.47 Å². The Morgan fingerprint density at radius 3 is 2.38 bits per heavy atom. The molecule has 0 saturated carbocycles. The second kappa shape index (κ2) is 4.22. The second-order valence-electron chi connectivity index (χ2n) is 5.48. The summed E-state index contributed by atoms with van der Waals surface area (Å²) in [5, 5.41) is 3.43. The molecule has 5 heteroatoms. The van der Waals surface area contributed by atoms with E-state index < -0.39 is 5.60 Å². The zero-order chi connectivity index (χ0) is 11.8. The van der Waals surface area contributed by atoms with E-state index >= 15 is 0 Å². The van der Waals surface area contributed by atoms with Gasteiger partial charge in [-0.25, -0.2) is 4.79 Å². The van der Waals surface area contributed by atoms with Gasteiger partial charge in [0, 0.05) is 25.2 Å². The average molecular weight is 228 g/mol. The monoisotopic (exact) mass is 228 g/mol. The van der Waals surface area contributed by atoms with Crippen molar-refractivity contribution < 1.29 is 14.3 Å². The Balaban J connectivity index is 1.92. The lowest BCUT2D eigenvalue weighted by Gasteiger charge is -2.42. The highest BCUT2D eigenvalue weighted by atomic mass is 16.6. The summed E-state index contributed by atoms with van der Waals surface area (Å²) in [6.07, 6.45) is -0.217. The summed E-state index contributed by atoms with van der Waals surface area (Å²) in [5.41, 5.74) is -0.423. The molecule has 0 radical (unpaired) electrons. The minimum absolute atomic E-state index is 0.217. The molecule has 0 spiro atoms. The van der Waals surface area contributed by atoms with Gasteiger partial charge in [0.2, 0.25) is 0 Å². The number of fused-ring (bicyclic) bond motifs is 2. The summed E-state index contributed by atoms with van der Waals surface area (Å²) in [7, 11) is 0. The van der Waals surface area contributed by atoms with Crippen LogP contribution in [0, 0.1) is 0 Å². The van der Waals surface area contributed by atoms with Crippen LogP contribution in [-0.4, -0.2) is 55.0 Å². The highest BCUT2D eigenvalue weighted by Gasteiger charge is 2.34. The van der Waals surface area contributed by atoms with Gasteiger partial charge in [0.05, 0.1) is 13.2 Å². The molecule has 1 N–H and O–H groups in total. The minimum Gasteiger partial charge on any atom is -0.444 e. The number of ether oxygens (including phenoxy) is 2. The quantitative estimate of drug-likeness (QED) is 0.659. The number of hydrogen-bond donors (Lipinski definition) is 1. The smallest absolute Gasteiger partial charge is 0.410 e. The maximum atomic E-state index is 11.9. The van der Waals surface area contributed by atoms with E-state index in [1.54, 1.807) is 4.90 Å². The summed E-state index contributed by atoms with van der Waals surface area (Å²) >= 11 is 0. The lowest BCUT2D eigenvalue weighted by Crippen LogP contribution is -2.64. The molecule has 0 aromatic rings. The average Bonchev–Trinajstić information content (AvgIpc) is 2.14. The van der Waals surface area contributed by atoms with Gasteiger partial charge in [-0.3, -0.25) is 0 Å². The number of nitrogens with zero attached hydrogens (tertiary/aromatic N) is 1. The van der Waals surface area contributed by atoms with Gasteiger partial charge in [0.1, 0.15) is 5.60 Å². The van der Waals surface area contributed by atoms with Crippen LogP contribution in [0.5, 0.6) is 0 Å². The zero-order valence-electron chi connectivity index (χ0n) is 10.2. The van der Waals surface area contributed by atoms with E-state index in [0.717, 1.165) is 0 Å². The highest BCUT2D eigenvalue weighted by molar-refractivity contribution is 5.68. The number of carbonyl (C=O) groups is 1. The SMILES string of the molecule is CC(C)(C)OC(=O)N1C[C@@H]2COC[C@@H](C1)N2. The third kappa shape index (κ3) is 2.86. The second-order valence-corrected chi connectivity index (χ2v) is 5.48. The Labute approximate surface area is 96.1 Å². The van der Waals surface area contributed by atoms with Crippen molar-refractivity contribution >= 4 is 6.09 Å². The predicted octanol–water partition coefficient (Wildman–Crippen LogP) is 0.594. The number of morpholine rings is 1. The maximum absolute atomic E-state index is 11.9. The van der Waals surface area contributed by atoms with Crippen molar-refractivity contribution in [3.05, 3.63) is 0 Å². The number of hydrogen-bond acceptors (Lipinski definition) is 4. The van der Waals surface area contributed by atoms with E-state index in [9.17, 15) is 4.79 Å². The Morgan fingerprint density at radius 2 is 1.88 bits per heavy atom. The van der Waals surface area contributed by atoms with Crippen molar-refractivity contribution in [3.63, 3.8) is 0 Å². The molecular weight excluding hydrogens is 208 g/mol. The van der Waals surface area contributed by atoms with Gasteiger partial charge in [-0.1, -0.05) is 0 Å². The van der Waals surface area contributed by atoms with Crippen LogP contribution in [0.25, 0.3) is 0 Å². The molecule has 2 rings (SSSR count). The van der Waals surface area contributed by atoms with E-state index in [0.29, 0.717) is 26.3 Å². The molecule has 2 aliphatic rings. The molecular formula is C11H20N2O3. The Bertz CT molecular complexity index is 263. The van der Waals surface area contributed by atoms with Crippen LogP contribution in [0.15, 0.2) is 0 Å². The zero-order valence-corrected chi connectivity index (χ0v) is 10.2. The van der Waals surface area contributed by atoms with Crippen molar-refractivity contribution in [2.75, 3.05) is 26.3 Å². The first-order chi connectivity index (χ1) is 7.44. The third-order valence-corrected chi connectivity index (χ3v) is 2.64. The summed E-state index contributed by atoms with van der Waals surface area (Å²) in [4.78, 5) is 13.7. The van der Waals surface area contributed by atoms with Gasteiger partial charge in [0.15, 0.2) is 0 Å². The van der Waals surface area contributed by atoms with Gasteiger partial charge < -0.3 is 19.7 Å². The highest BCUT2D eigenvalue weighted by Crippen LogP contribution is 2.15. The Morgan fingerprint density at radius 1 is 1.31 bits per heavy atom. The number of nitrogens with one attached hydrogen (secondary N) is 1. The molecule has 2 atom stereocenters. The van der Waals surface area contributed by atoms with Crippen molar-refractivity contribution in [1.82, 2.24) is 10.2 Å². The summed E-state index contributed by atoms with van der Waals surface area (Å²) in [5.74, 6) is 0. The van der Waals surface area contributed by atoms with Crippen LogP contribution in [0.1, 0.15) is 20.8 Å². The normalized spacial score (nSPS) is 30.1. The fraction of sp³-hybridized carbons (Fsp3) is 0.909. The predicted molar refractivity (Wildman–Crippen MR) is 59.3 cm³/mol. The van der Waals surface area contributed by atoms with Crippen molar-refractivity contribution in [3.8, 4) is 0 Å². The minimum atomic E-state index is -0.423. The number of amides is 1. The molecule has 0 aromatic carbocycles. The van der Waals surface area contributed by atoms with Gasteiger partial charge in [0.25, 0.3) is 0 Å². The summed E-state index contributed by atoms with van der Waals surface area (Å²) in [6, 6.07) is 0.500. The lowest BCUT2D eigenvalue weighted by atomic mass is 10.1. The molecule has 2 heterocycles. The number of carbonyl (C=O) groups excluding carboxylic acids is 1. The molecule has 0 unspecified atom stereocenters. The van der Waals surface area contributed by atoms with Crippen LogP contribution in [0.4, 0.5) is 4.79 Å². The van der Waals surface area contributed by atoms with Crippen molar-refractivity contribution in [2.45, 2.75) is 38.5 Å². The molecule has 0 aromatic heterocycles. The molecule has 16 heavy (non-hydrogen) atoms. The molecule has 2 fully saturated rings. The summed E-state index contributed by atoms with van der Waals surface area (Å²) < 4.78 is 10.8. The van der Waals surface area contributed by atoms with E-state index in [4.69, 9.17) is 9.47 Å². The largest absolute Gasteiger partial charge is 0.444 e. The number of rotatable bonds is 0. The van der Waals surface area contributed by atoms with E-state index in [1.165, 1.54) is 0 Å². The van der Waals surface area contributed by atoms with Gasteiger partial charge in [-0.15, -0.1) is 0 Å². The first-order valence-electron chi connectivity index (χ1n) is 5.76. The lowest BCUT2D eigenvalue weighted by molar-refractivity contribution is -0.0238. The van der Waals surface area contributed by atoms with Crippen molar-refractivity contribution in [2.24, 2.45) is 0 Å². The molecule has 92 valence electrons. The number of piperazine rings is 1. The molecule has 0 aliphatic carbocycles. The molecule has 2 aliphatic heterocycles. The van der Waals surface area contributed by atoms with E-state index in [-0.39, 0.29) is 18.2 Å². The summed E-state index contributed by atoms with van der Waals surface area (Å²) in [6.45, 7) is 8.35. The fourth-order valence-corrected chi connectivity index (χ4v) is 2.08. The van der Waals surface area contributed by atoms with Gasteiger partial charge >= 0.3 is 6.09 Å². The first-order valence-corrected chi connectivity index (χ1v) is 5.76. The van der Waals surface area contributed by atoms with Crippen LogP contribution >= 0.6 is 0 Å². The maximum Gasteiger partial charge on any atom is 0.410 e. The molecule has 1 amide bonds. The van der Waals surface area contributed by atoms with Crippen LogP contribution in [0.2, 0.25) is 0 Å². The van der Waals surface area contributed by atoms with Gasteiger partial charge in [-0.05, 0) is 20.8 Å². The standard InChI is InChI=1S/C11H20N2O3/c1-11(2,3)16-10(14)13-4-8-6-15-7-9(5-13)12-8/h8-9,12H,4-7H2,1-3H3/t8-,9-/m1/s1. The van der Waals surface area contributed by atoms with Crippen LogP contribution < -0.4 is 5.32 Å². The fourth-order valence-electron chi connectivity index (χ4n) is 2.08. The Kier molecular flexibility index (Phi) is 3.08. The third-order valence-electron chi connectivity index (χ3n) is 2.64. The van der Waals surface area contributed by atoms with Gasteiger partial charge in [-0.2, -0.15) is 0 Å².